The molecule has 1 saturated heterocycles. The number of likely N-dealkylation sites (tertiary alicyclic amines) is 1. The lowest BCUT2D eigenvalue weighted by atomic mass is 9.99. The van der Waals surface area contributed by atoms with Crippen molar-refractivity contribution in [3.8, 4) is 0 Å². The van der Waals surface area contributed by atoms with Gasteiger partial charge in [0, 0.05) is 18.5 Å². The van der Waals surface area contributed by atoms with Gasteiger partial charge in [-0.3, -0.25) is 4.79 Å². The molecule has 106 valence electrons. The van der Waals surface area contributed by atoms with E-state index < -0.39 is 0 Å². The van der Waals surface area contributed by atoms with E-state index in [9.17, 15) is 4.79 Å². The maximum absolute atomic E-state index is 12.7. The summed E-state index contributed by atoms with van der Waals surface area (Å²) in [6.45, 7) is 4.91. The summed E-state index contributed by atoms with van der Waals surface area (Å²) < 4.78 is 3.95. The predicted molar refractivity (Wildman–Crippen MR) is 78.0 cm³/mol. The molecule has 6 heteroatoms. The van der Waals surface area contributed by atoms with E-state index in [1.165, 1.54) is 18.0 Å². The number of aromatic nitrogens is 2. The SMILES string of the molecule is CC(C)c1nnsc1C(=O)N1CCCCC1CCCl. The second-order valence-corrected chi connectivity index (χ2v) is 6.40. The summed E-state index contributed by atoms with van der Waals surface area (Å²) in [7, 11) is 0. The molecule has 2 heterocycles. The van der Waals surface area contributed by atoms with Crippen LogP contribution in [0.15, 0.2) is 0 Å². The Morgan fingerprint density at radius 1 is 1.53 bits per heavy atom. The molecule has 0 N–H and O–H groups in total. The molecular formula is C13H20ClN3OS. The Morgan fingerprint density at radius 3 is 3.00 bits per heavy atom. The van der Waals surface area contributed by atoms with Crippen LogP contribution in [0.25, 0.3) is 0 Å². The number of hydrogen-bond donors (Lipinski definition) is 0. The number of alkyl halides is 1. The van der Waals surface area contributed by atoms with Gasteiger partial charge in [0.2, 0.25) is 0 Å². The van der Waals surface area contributed by atoms with Gasteiger partial charge in [0.05, 0.1) is 5.69 Å². The van der Waals surface area contributed by atoms with E-state index in [1.54, 1.807) is 0 Å². The molecule has 0 aromatic carbocycles. The monoisotopic (exact) mass is 301 g/mol. The topological polar surface area (TPSA) is 46.1 Å². The maximum Gasteiger partial charge on any atom is 0.267 e. The van der Waals surface area contributed by atoms with Gasteiger partial charge in [0.1, 0.15) is 4.88 Å². The van der Waals surface area contributed by atoms with Crippen LogP contribution in [-0.4, -0.2) is 38.9 Å². The first kappa shape index (κ1) is 14.7. The molecule has 4 nitrogen and oxygen atoms in total. The number of amides is 1. The molecule has 2 rings (SSSR count). The lowest BCUT2D eigenvalue weighted by Gasteiger charge is -2.35. The van der Waals surface area contributed by atoms with Gasteiger partial charge < -0.3 is 4.90 Å². The Morgan fingerprint density at radius 2 is 2.32 bits per heavy atom. The van der Waals surface area contributed by atoms with E-state index in [-0.39, 0.29) is 17.9 Å². The number of piperidine rings is 1. The van der Waals surface area contributed by atoms with Gasteiger partial charge in [-0.1, -0.05) is 18.3 Å². The molecule has 1 aliphatic rings. The Bertz CT molecular complexity index is 433. The fourth-order valence-corrected chi connectivity index (χ4v) is 3.58. The first-order chi connectivity index (χ1) is 9.15. The Hall–Kier alpha value is -0.680. The van der Waals surface area contributed by atoms with E-state index in [0.29, 0.717) is 10.8 Å². The second-order valence-electron chi connectivity index (χ2n) is 5.27. The summed E-state index contributed by atoms with van der Waals surface area (Å²) in [5, 5.41) is 4.10. The van der Waals surface area contributed by atoms with Gasteiger partial charge in [-0.25, -0.2) is 0 Å². The van der Waals surface area contributed by atoms with E-state index in [0.717, 1.165) is 31.5 Å². The number of halogens is 1. The van der Waals surface area contributed by atoms with Gasteiger partial charge >= 0.3 is 0 Å². The Balaban J connectivity index is 2.19. The van der Waals surface area contributed by atoms with Crippen LogP contribution in [0.3, 0.4) is 0 Å². The Labute approximate surface area is 123 Å². The van der Waals surface area contributed by atoms with Crippen molar-refractivity contribution < 1.29 is 4.79 Å². The molecule has 0 aliphatic carbocycles. The van der Waals surface area contributed by atoms with Crippen LogP contribution >= 0.6 is 23.1 Å². The number of carbonyl (C=O) groups excluding carboxylic acids is 1. The molecule has 0 bridgehead atoms. The van der Waals surface area contributed by atoms with Crippen LogP contribution in [0.4, 0.5) is 0 Å². The number of nitrogens with zero attached hydrogens (tertiary/aromatic N) is 3. The summed E-state index contributed by atoms with van der Waals surface area (Å²) in [6, 6.07) is 0.279. The van der Waals surface area contributed by atoms with Gasteiger partial charge in [-0.05, 0) is 43.1 Å². The zero-order valence-electron chi connectivity index (χ0n) is 11.4. The largest absolute Gasteiger partial charge is 0.335 e. The lowest BCUT2D eigenvalue weighted by Crippen LogP contribution is -2.44. The first-order valence-corrected chi connectivity index (χ1v) is 8.15. The highest BCUT2D eigenvalue weighted by Gasteiger charge is 2.30. The molecule has 0 saturated carbocycles. The predicted octanol–water partition coefficient (Wildman–Crippen LogP) is 3.29. The molecule has 1 aromatic rings. The van der Waals surface area contributed by atoms with Crippen molar-refractivity contribution in [2.24, 2.45) is 0 Å². The van der Waals surface area contributed by atoms with Gasteiger partial charge in [0.25, 0.3) is 5.91 Å². The Kier molecular flexibility index (Phi) is 5.16. The average Bonchev–Trinajstić information content (AvgIpc) is 2.88. The van der Waals surface area contributed by atoms with Crippen molar-refractivity contribution in [2.75, 3.05) is 12.4 Å². The van der Waals surface area contributed by atoms with Crippen LogP contribution < -0.4 is 0 Å². The molecule has 1 aliphatic heterocycles. The minimum atomic E-state index is 0.0912. The summed E-state index contributed by atoms with van der Waals surface area (Å²) >= 11 is 7.07. The number of hydrogen-bond acceptors (Lipinski definition) is 4. The van der Waals surface area contributed by atoms with Crippen LogP contribution in [0, 0.1) is 0 Å². The number of rotatable bonds is 4. The summed E-state index contributed by atoms with van der Waals surface area (Å²) in [5.74, 6) is 0.925. The minimum Gasteiger partial charge on any atom is -0.335 e. The second kappa shape index (κ2) is 6.66. The van der Waals surface area contributed by atoms with Crippen molar-refractivity contribution in [3.63, 3.8) is 0 Å². The highest BCUT2D eigenvalue weighted by Crippen LogP contribution is 2.26. The molecule has 1 fully saturated rings. The van der Waals surface area contributed by atoms with Crippen LogP contribution in [0.1, 0.15) is 60.8 Å². The smallest absolute Gasteiger partial charge is 0.267 e. The zero-order valence-corrected chi connectivity index (χ0v) is 13.0. The summed E-state index contributed by atoms with van der Waals surface area (Å²) in [5.41, 5.74) is 0.824. The van der Waals surface area contributed by atoms with E-state index >= 15 is 0 Å². The zero-order chi connectivity index (χ0) is 13.8. The van der Waals surface area contributed by atoms with E-state index in [1.807, 2.05) is 18.7 Å². The summed E-state index contributed by atoms with van der Waals surface area (Å²) in [6.07, 6.45) is 4.19. The van der Waals surface area contributed by atoms with Crippen LogP contribution in [0.2, 0.25) is 0 Å². The molecule has 1 unspecified atom stereocenters. The normalized spacial score (nSPS) is 20.0. The quantitative estimate of drug-likeness (QED) is 0.802. The van der Waals surface area contributed by atoms with Crippen LogP contribution in [-0.2, 0) is 0 Å². The van der Waals surface area contributed by atoms with Crippen molar-refractivity contribution in [3.05, 3.63) is 10.6 Å². The third kappa shape index (κ3) is 3.26. The van der Waals surface area contributed by atoms with E-state index in [2.05, 4.69) is 9.59 Å². The minimum absolute atomic E-state index is 0.0912. The number of carbonyl (C=O) groups is 1. The molecule has 1 atom stereocenters. The lowest BCUT2D eigenvalue weighted by molar-refractivity contribution is 0.0612. The fraction of sp³-hybridized carbons (Fsp3) is 0.769. The highest BCUT2D eigenvalue weighted by molar-refractivity contribution is 7.08. The average molecular weight is 302 g/mol. The van der Waals surface area contributed by atoms with Crippen molar-refractivity contribution >= 4 is 29.0 Å². The third-order valence-corrected chi connectivity index (χ3v) is 4.53. The van der Waals surface area contributed by atoms with Gasteiger partial charge in [0.15, 0.2) is 0 Å². The third-order valence-electron chi connectivity index (χ3n) is 3.58. The molecular weight excluding hydrogens is 282 g/mol. The molecule has 1 amide bonds. The van der Waals surface area contributed by atoms with Crippen molar-refractivity contribution in [1.29, 1.82) is 0 Å². The van der Waals surface area contributed by atoms with E-state index in [4.69, 9.17) is 11.6 Å². The maximum atomic E-state index is 12.7. The highest BCUT2D eigenvalue weighted by atomic mass is 35.5. The fourth-order valence-electron chi connectivity index (χ4n) is 2.55. The van der Waals surface area contributed by atoms with Gasteiger partial charge in [-0.15, -0.1) is 16.7 Å². The molecule has 0 spiro atoms. The van der Waals surface area contributed by atoms with Crippen LogP contribution in [0.5, 0.6) is 0 Å². The molecule has 1 aromatic heterocycles. The standard InChI is InChI=1S/C13H20ClN3OS/c1-9(2)11-12(19-16-15-11)13(18)17-8-4-3-5-10(17)6-7-14/h9-10H,3-8H2,1-2H3. The summed E-state index contributed by atoms with van der Waals surface area (Å²) in [4.78, 5) is 15.4. The van der Waals surface area contributed by atoms with Crippen molar-refractivity contribution in [2.45, 2.75) is 51.5 Å². The van der Waals surface area contributed by atoms with Gasteiger partial charge in [-0.2, -0.15) is 0 Å². The van der Waals surface area contributed by atoms with Crippen molar-refractivity contribution in [1.82, 2.24) is 14.5 Å². The molecule has 0 radical (unpaired) electrons. The first-order valence-electron chi connectivity index (χ1n) is 6.84. The molecule has 19 heavy (non-hydrogen) atoms.